The van der Waals surface area contributed by atoms with Gasteiger partial charge in [-0.3, -0.25) is 10.3 Å². The molecule has 1 N–H and O–H groups in total. The van der Waals surface area contributed by atoms with Crippen LogP contribution in [0, 0.1) is 0 Å². The van der Waals surface area contributed by atoms with Gasteiger partial charge in [0.15, 0.2) is 0 Å². The zero-order chi connectivity index (χ0) is 13.7. The molecule has 19 heavy (non-hydrogen) atoms. The number of likely N-dealkylation sites (tertiary alicyclic amines) is 1. The van der Waals surface area contributed by atoms with E-state index in [9.17, 15) is 0 Å². The van der Waals surface area contributed by atoms with Gasteiger partial charge in [-0.25, -0.2) is 0 Å². The molecule has 5 heteroatoms. The van der Waals surface area contributed by atoms with Gasteiger partial charge in [-0.05, 0) is 26.8 Å². The number of hydrazone groups is 1. The quantitative estimate of drug-likeness (QED) is 0.601. The molecule has 0 amide bonds. The van der Waals surface area contributed by atoms with Gasteiger partial charge in [0, 0.05) is 63.9 Å². The van der Waals surface area contributed by atoms with Gasteiger partial charge in [-0.1, -0.05) is 0 Å². The Balaban J connectivity index is 1.77. The summed E-state index contributed by atoms with van der Waals surface area (Å²) in [5.41, 5.74) is 4.07. The zero-order valence-corrected chi connectivity index (χ0v) is 12.3. The summed E-state index contributed by atoms with van der Waals surface area (Å²) < 4.78 is 0. The number of hydrogen-bond acceptors (Lipinski definition) is 5. The molecular weight excluding hydrogens is 238 g/mol. The van der Waals surface area contributed by atoms with E-state index in [1.54, 1.807) is 0 Å². The predicted molar refractivity (Wildman–Crippen MR) is 80.1 cm³/mol. The smallest absolute Gasteiger partial charge is 0.0388 e. The number of rotatable bonds is 4. The van der Waals surface area contributed by atoms with Crippen LogP contribution in [-0.4, -0.2) is 73.8 Å². The van der Waals surface area contributed by atoms with Gasteiger partial charge >= 0.3 is 0 Å². The van der Waals surface area contributed by atoms with Crippen LogP contribution in [0.25, 0.3) is 0 Å². The maximum atomic E-state index is 3.65. The standard InChI is InChI=1S/C14H27N5/c1-13(12-16-15-2)18-6-4-14(5-7-18)19-10-8-17(3)9-11-19/h12,14,16H,2,4-11H2,1,3H3/b13-12+. The maximum Gasteiger partial charge on any atom is 0.0388 e. The number of piperidine rings is 1. The molecule has 0 aromatic rings. The van der Waals surface area contributed by atoms with Gasteiger partial charge in [-0.2, -0.15) is 5.10 Å². The fourth-order valence-corrected chi connectivity index (χ4v) is 3.00. The highest BCUT2D eigenvalue weighted by atomic mass is 15.3. The first kappa shape index (κ1) is 14.3. The van der Waals surface area contributed by atoms with Crippen molar-refractivity contribution in [3.63, 3.8) is 0 Å². The average molecular weight is 265 g/mol. The molecule has 2 aliphatic rings. The Labute approximate surface area is 116 Å². The van der Waals surface area contributed by atoms with Crippen LogP contribution < -0.4 is 5.43 Å². The molecule has 0 aliphatic carbocycles. The van der Waals surface area contributed by atoms with Crippen LogP contribution in [0.15, 0.2) is 17.0 Å². The molecule has 2 fully saturated rings. The summed E-state index contributed by atoms with van der Waals surface area (Å²) in [5, 5.41) is 3.65. The second-order valence-corrected chi connectivity index (χ2v) is 5.63. The number of likely N-dealkylation sites (N-methyl/N-ethyl adjacent to an activating group) is 1. The Hall–Kier alpha value is -1.07. The third-order valence-electron chi connectivity index (χ3n) is 4.38. The Morgan fingerprint density at radius 1 is 1.16 bits per heavy atom. The van der Waals surface area contributed by atoms with Crippen molar-refractivity contribution in [3.05, 3.63) is 11.9 Å². The lowest BCUT2D eigenvalue weighted by Gasteiger charge is -2.42. The van der Waals surface area contributed by atoms with Gasteiger partial charge in [0.1, 0.15) is 0 Å². The van der Waals surface area contributed by atoms with Crippen LogP contribution in [0.2, 0.25) is 0 Å². The number of allylic oxidation sites excluding steroid dienone is 1. The molecule has 0 unspecified atom stereocenters. The molecule has 0 saturated carbocycles. The van der Waals surface area contributed by atoms with Crippen LogP contribution >= 0.6 is 0 Å². The highest BCUT2D eigenvalue weighted by Gasteiger charge is 2.26. The summed E-state index contributed by atoms with van der Waals surface area (Å²) in [6.07, 6.45) is 4.48. The van der Waals surface area contributed by atoms with Crippen molar-refractivity contribution in [1.29, 1.82) is 0 Å². The Morgan fingerprint density at radius 3 is 2.37 bits per heavy atom. The summed E-state index contributed by atoms with van der Waals surface area (Å²) in [5.74, 6) is 0. The summed E-state index contributed by atoms with van der Waals surface area (Å²) in [6.45, 7) is 12.8. The van der Waals surface area contributed by atoms with Crippen molar-refractivity contribution in [3.8, 4) is 0 Å². The van der Waals surface area contributed by atoms with Gasteiger partial charge in [-0.15, -0.1) is 0 Å². The lowest BCUT2D eigenvalue weighted by molar-refractivity contribution is 0.0757. The largest absolute Gasteiger partial charge is 0.374 e. The summed E-state index contributed by atoms with van der Waals surface area (Å²) in [6, 6.07) is 0.781. The van der Waals surface area contributed by atoms with Crippen LogP contribution in [0.3, 0.4) is 0 Å². The Kier molecular flexibility index (Phi) is 5.22. The van der Waals surface area contributed by atoms with E-state index in [0.717, 1.165) is 19.1 Å². The topological polar surface area (TPSA) is 34.1 Å². The fraction of sp³-hybridized carbons (Fsp3) is 0.786. The SMILES string of the molecule is C=NN/C=C(\C)N1CCC(N2CCN(C)CC2)CC1. The fourth-order valence-electron chi connectivity index (χ4n) is 3.00. The molecule has 0 spiro atoms. The third-order valence-corrected chi connectivity index (χ3v) is 4.38. The van der Waals surface area contributed by atoms with Gasteiger partial charge in [0.05, 0.1) is 0 Å². The molecule has 2 saturated heterocycles. The minimum Gasteiger partial charge on any atom is -0.374 e. The van der Waals surface area contributed by atoms with E-state index in [4.69, 9.17) is 0 Å². The number of nitrogens with zero attached hydrogens (tertiary/aromatic N) is 4. The highest BCUT2D eigenvalue weighted by Crippen LogP contribution is 2.20. The number of piperazine rings is 1. The van der Waals surface area contributed by atoms with Crippen molar-refractivity contribution in [2.45, 2.75) is 25.8 Å². The molecule has 2 rings (SSSR count). The minimum absolute atomic E-state index is 0.781. The monoisotopic (exact) mass is 265 g/mol. The summed E-state index contributed by atoms with van der Waals surface area (Å²) in [7, 11) is 2.22. The van der Waals surface area contributed by atoms with Crippen LogP contribution in [0.1, 0.15) is 19.8 Å². The highest BCUT2D eigenvalue weighted by molar-refractivity contribution is 5.22. The predicted octanol–water partition coefficient (Wildman–Crippen LogP) is 0.765. The van der Waals surface area contributed by atoms with E-state index in [1.807, 2.05) is 6.20 Å². The first-order chi connectivity index (χ1) is 9.20. The van der Waals surface area contributed by atoms with Crippen LogP contribution in [0.4, 0.5) is 0 Å². The summed E-state index contributed by atoms with van der Waals surface area (Å²) >= 11 is 0. The van der Waals surface area contributed by atoms with Gasteiger partial charge < -0.3 is 9.80 Å². The molecule has 2 aliphatic heterocycles. The van der Waals surface area contributed by atoms with Crippen molar-refractivity contribution in [2.75, 3.05) is 46.3 Å². The average Bonchev–Trinajstić information content (AvgIpc) is 2.46. The normalized spacial score (nSPS) is 24.5. The third kappa shape index (κ3) is 3.94. The maximum absolute atomic E-state index is 3.65. The Bertz CT molecular complexity index is 312. The molecule has 5 nitrogen and oxygen atoms in total. The Morgan fingerprint density at radius 2 is 1.79 bits per heavy atom. The van der Waals surface area contributed by atoms with Crippen molar-refractivity contribution in [2.24, 2.45) is 5.10 Å². The van der Waals surface area contributed by atoms with Gasteiger partial charge in [0.2, 0.25) is 0 Å². The lowest BCUT2D eigenvalue weighted by atomic mass is 10.0. The first-order valence-corrected chi connectivity index (χ1v) is 7.26. The first-order valence-electron chi connectivity index (χ1n) is 7.26. The van der Waals surface area contributed by atoms with Gasteiger partial charge in [0.25, 0.3) is 0 Å². The number of nitrogens with one attached hydrogen (secondary N) is 1. The molecular formula is C14H27N5. The summed E-state index contributed by atoms with van der Waals surface area (Å²) in [4.78, 5) is 7.54. The molecule has 2 heterocycles. The molecule has 0 aromatic heterocycles. The van der Waals surface area contributed by atoms with E-state index in [-0.39, 0.29) is 0 Å². The molecule has 108 valence electrons. The van der Waals surface area contributed by atoms with E-state index < -0.39 is 0 Å². The van der Waals surface area contributed by atoms with E-state index in [0.29, 0.717) is 0 Å². The van der Waals surface area contributed by atoms with E-state index >= 15 is 0 Å². The molecule has 0 radical (unpaired) electrons. The number of hydrogen-bond donors (Lipinski definition) is 1. The van der Waals surface area contributed by atoms with Crippen LogP contribution in [-0.2, 0) is 0 Å². The zero-order valence-electron chi connectivity index (χ0n) is 12.3. The van der Waals surface area contributed by atoms with Crippen molar-refractivity contribution < 1.29 is 0 Å². The lowest BCUT2D eigenvalue weighted by Crippen LogP contribution is -2.52. The minimum atomic E-state index is 0.781. The van der Waals surface area contributed by atoms with Crippen molar-refractivity contribution in [1.82, 2.24) is 20.1 Å². The van der Waals surface area contributed by atoms with Crippen LogP contribution in [0.5, 0.6) is 0 Å². The second-order valence-electron chi connectivity index (χ2n) is 5.63. The molecule has 0 atom stereocenters. The van der Waals surface area contributed by atoms with Crippen molar-refractivity contribution >= 4 is 6.72 Å². The van der Waals surface area contributed by atoms with E-state index in [1.165, 1.54) is 44.7 Å². The molecule has 0 aromatic carbocycles. The molecule has 0 bridgehead atoms. The second kappa shape index (κ2) is 6.91. The van der Waals surface area contributed by atoms with E-state index in [2.05, 4.69) is 45.9 Å².